The number of hydrogen-bond acceptors (Lipinski definition) is 5. The third kappa shape index (κ3) is 5.35. The van der Waals surface area contributed by atoms with Gasteiger partial charge in [0.15, 0.2) is 0 Å². The van der Waals surface area contributed by atoms with Gasteiger partial charge in [0.05, 0.1) is 23.0 Å². The quantitative estimate of drug-likeness (QED) is 0.536. The molecule has 186 valence electrons. The summed E-state index contributed by atoms with van der Waals surface area (Å²) in [4.78, 5) is 15.2. The van der Waals surface area contributed by atoms with E-state index in [0.29, 0.717) is 36.5 Å². The second kappa shape index (κ2) is 9.37. The van der Waals surface area contributed by atoms with Gasteiger partial charge in [-0.25, -0.2) is 0 Å². The Bertz CT molecular complexity index is 1280. The maximum absolute atomic E-state index is 14.1. The standard InChI is InChI=1S/C26H29F3N4O2/c1-15(2)30-23-13-22(18-10-16(3)9-17(4)11-18)31-33(25(23)35)24-12-19(32-8-7-20(34)14-32)5-6-21(24)26(27,28)29/h5-6,9-13,15,20,30,34H,7-8,14H2,1-4H3/t20-/m0/s1. The van der Waals surface area contributed by atoms with Crippen molar-refractivity contribution in [1.29, 1.82) is 0 Å². The van der Waals surface area contributed by atoms with Gasteiger partial charge in [0.1, 0.15) is 5.69 Å². The van der Waals surface area contributed by atoms with Gasteiger partial charge in [-0.2, -0.15) is 23.0 Å². The van der Waals surface area contributed by atoms with Crippen LogP contribution in [0.5, 0.6) is 0 Å². The molecule has 2 N–H and O–H groups in total. The monoisotopic (exact) mass is 486 g/mol. The van der Waals surface area contributed by atoms with Crippen LogP contribution in [0.1, 0.15) is 37.0 Å². The summed E-state index contributed by atoms with van der Waals surface area (Å²) < 4.78 is 43.0. The highest BCUT2D eigenvalue weighted by atomic mass is 19.4. The zero-order valence-electron chi connectivity index (χ0n) is 20.1. The smallest absolute Gasteiger partial charge is 0.391 e. The molecule has 35 heavy (non-hydrogen) atoms. The zero-order valence-corrected chi connectivity index (χ0v) is 20.1. The van der Waals surface area contributed by atoms with Gasteiger partial charge < -0.3 is 15.3 Å². The molecule has 1 aromatic heterocycles. The van der Waals surface area contributed by atoms with Crippen molar-refractivity contribution in [1.82, 2.24) is 9.78 Å². The first-order valence-corrected chi connectivity index (χ1v) is 11.6. The van der Waals surface area contributed by atoms with Gasteiger partial charge in [-0.05, 0) is 70.5 Å². The van der Waals surface area contributed by atoms with E-state index in [4.69, 9.17) is 0 Å². The van der Waals surface area contributed by atoms with Crippen LogP contribution in [0, 0.1) is 13.8 Å². The minimum absolute atomic E-state index is 0.120. The second-order valence-electron chi connectivity index (χ2n) is 9.42. The average molecular weight is 487 g/mol. The number of benzene rings is 2. The van der Waals surface area contributed by atoms with Crippen LogP contribution in [0.15, 0.2) is 47.3 Å². The number of hydrogen-bond donors (Lipinski definition) is 2. The largest absolute Gasteiger partial charge is 0.418 e. The van der Waals surface area contributed by atoms with E-state index in [2.05, 4.69) is 10.4 Å². The number of halogens is 3. The fourth-order valence-corrected chi connectivity index (χ4v) is 4.44. The highest BCUT2D eigenvalue weighted by Crippen LogP contribution is 2.36. The molecule has 2 heterocycles. The minimum Gasteiger partial charge on any atom is -0.391 e. The number of nitrogens with zero attached hydrogens (tertiary/aromatic N) is 3. The molecule has 1 fully saturated rings. The zero-order chi connectivity index (χ0) is 25.5. The summed E-state index contributed by atoms with van der Waals surface area (Å²) in [5.74, 6) is 0. The van der Waals surface area contributed by atoms with Gasteiger partial charge in [0.2, 0.25) is 0 Å². The van der Waals surface area contributed by atoms with Crippen LogP contribution in [0.4, 0.5) is 24.5 Å². The fourth-order valence-electron chi connectivity index (χ4n) is 4.44. The highest BCUT2D eigenvalue weighted by Gasteiger charge is 2.35. The molecule has 0 bridgehead atoms. The number of aromatic nitrogens is 2. The Morgan fingerprint density at radius 3 is 2.34 bits per heavy atom. The maximum Gasteiger partial charge on any atom is 0.418 e. The van der Waals surface area contributed by atoms with Gasteiger partial charge in [0.25, 0.3) is 5.56 Å². The number of alkyl halides is 3. The Labute approximate surface area is 202 Å². The number of nitrogens with one attached hydrogen (secondary N) is 1. The molecule has 0 amide bonds. The van der Waals surface area contributed by atoms with Crippen molar-refractivity contribution in [2.75, 3.05) is 23.3 Å². The average Bonchev–Trinajstić information content (AvgIpc) is 3.19. The normalized spacial score (nSPS) is 16.3. The van der Waals surface area contributed by atoms with Gasteiger partial charge in [-0.15, -0.1) is 0 Å². The van der Waals surface area contributed by atoms with E-state index < -0.39 is 23.4 Å². The molecule has 0 radical (unpaired) electrons. The molecule has 0 unspecified atom stereocenters. The molecular weight excluding hydrogens is 457 g/mol. The lowest BCUT2D eigenvalue weighted by atomic mass is 10.0. The van der Waals surface area contributed by atoms with Crippen molar-refractivity contribution in [2.24, 2.45) is 0 Å². The lowest BCUT2D eigenvalue weighted by Gasteiger charge is -2.22. The van der Waals surface area contributed by atoms with Crippen LogP contribution in [0.2, 0.25) is 0 Å². The van der Waals surface area contributed by atoms with Crippen molar-refractivity contribution in [3.63, 3.8) is 0 Å². The number of anilines is 2. The highest BCUT2D eigenvalue weighted by molar-refractivity contribution is 5.66. The molecule has 2 aromatic carbocycles. The van der Waals surface area contributed by atoms with E-state index >= 15 is 0 Å². The van der Waals surface area contributed by atoms with E-state index in [9.17, 15) is 23.1 Å². The summed E-state index contributed by atoms with van der Waals surface area (Å²) in [6, 6.07) is 10.9. The summed E-state index contributed by atoms with van der Waals surface area (Å²) >= 11 is 0. The van der Waals surface area contributed by atoms with E-state index in [1.165, 1.54) is 12.1 Å². The third-order valence-electron chi connectivity index (χ3n) is 5.92. The van der Waals surface area contributed by atoms with E-state index in [0.717, 1.165) is 21.9 Å². The Hall–Kier alpha value is -3.33. The predicted molar refractivity (Wildman–Crippen MR) is 131 cm³/mol. The van der Waals surface area contributed by atoms with Crippen molar-refractivity contribution in [3.8, 4) is 16.9 Å². The summed E-state index contributed by atoms with van der Waals surface area (Å²) in [7, 11) is 0. The van der Waals surface area contributed by atoms with Gasteiger partial charge in [0, 0.05) is 30.4 Å². The van der Waals surface area contributed by atoms with Crippen molar-refractivity contribution in [3.05, 3.63) is 69.5 Å². The summed E-state index contributed by atoms with van der Waals surface area (Å²) in [5.41, 5.74) is 1.73. The van der Waals surface area contributed by atoms with Gasteiger partial charge in [-0.1, -0.05) is 17.2 Å². The van der Waals surface area contributed by atoms with Gasteiger partial charge >= 0.3 is 6.18 Å². The van der Waals surface area contributed by atoms with Crippen LogP contribution in [0.25, 0.3) is 16.9 Å². The molecule has 1 aliphatic rings. The van der Waals surface area contributed by atoms with Gasteiger partial charge in [-0.3, -0.25) is 4.79 Å². The first-order chi connectivity index (χ1) is 16.4. The van der Waals surface area contributed by atoms with Crippen LogP contribution < -0.4 is 15.8 Å². The Kier molecular flexibility index (Phi) is 6.64. The lowest BCUT2D eigenvalue weighted by molar-refractivity contribution is -0.137. The SMILES string of the molecule is Cc1cc(C)cc(-c2cc(NC(C)C)c(=O)n(-c3cc(N4CC[C@H](O)C4)ccc3C(F)(F)F)n2)c1. The van der Waals surface area contributed by atoms with Crippen molar-refractivity contribution < 1.29 is 18.3 Å². The molecule has 0 saturated carbocycles. The number of aliphatic hydroxyl groups excluding tert-OH is 1. The fraction of sp³-hybridized carbons (Fsp3) is 0.385. The van der Waals surface area contributed by atoms with Crippen molar-refractivity contribution >= 4 is 11.4 Å². The molecule has 1 atom stereocenters. The Balaban J connectivity index is 1.97. The topological polar surface area (TPSA) is 70.4 Å². The first kappa shape index (κ1) is 24.8. The first-order valence-electron chi connectivity index (χ1n) is 11.6. The van der Waals surface area contributed by atoms with E-state index in [1.54, 1.807) is 11.0 Å². The molecule has 4 rings (SSSR count). The Morgan fingerprint density at radius 1 is 1.09 bits per heavy atom. The summed E-state index contributed by atoms with van der Waals surface area (Å²) in [6.45, 7) is 8.38. The second-order valence-corrected chi connectivity index (χ2v) is 9.42. The van der Waals surface area contributed by atoms with Crippen molar-refractivity contribution in [2.45, 2.75) is 52.4 Å². The number of rotatable bonds is 5. The van der Waals surface area contributed by atoms with Crippen LogP contribution in [-0.2, 0) is 6.18 Å². The van der Waals surface area contributed by atoms with E-state index in [1.807, 2.05) is 45.9 Å². The molecule has 9 heteroatoms. The number of aryl methyl sites for hydroxylation is 2. The minimum atomic E-state index is -4.69. The van der Waals surface area contributed by atoms with Crippen LogP contribution in [-0.4, -0.2) is 40.1 Å². The third-order valence-corrected chi connectivity index (χ3v) is 5.92. The Morgan fingerprint density at radius 2 is 1.77 bits per heavy atom. The maximum atomic E-state index is 14.1. The molecule has 3 aromatic rings. The number of aliphatic hydroxyl groups is 1. The molecule has 1 saturated heterocycles. The van der Waals surface area contributed by atoms with E-state index in [-0.39, 0.29) is 17.4 Å². The molecule has 0 aliphatic carbocycles. The van der Waals surface area contributed by atoms with Crippen LogP contribution >= 0.6 is 0 Å². The summed E-state index contributed by atoms with van der Waals surface area (Å²) in [5, 5.41) is 17.4. The molecule has 0 spiro atoms. The molecular formula is C26H29F3N4O2. The lowest BCUT2D eigenvalue weighted by Crippen LogP contribution is -2.29. The molecule has 1 aliphatic heterocycles. The van der Waals surface area contributed by atoms with Crippen LogP contribution in [0.3, 0.4) is 0 Å². The predicted octanol–water partition coefficient (Wildman–Crippen LogP) is 4.93. The summed E-state index contributed by atoms with van der Waals surface area (Å²) in [6.07, 6.45) is -4.71. The molecule has 6 nitrogen and oxygen atoms in total. The number of β-amino-alcohol motifs (C(OH)–C–C–N with tert-alkyl or cyclic N) is 1.